The fraction of sp³-hybridized carbons (Fsp3) is 0.176. The third-order valence-corrected chi connectivity index (χ3v) is 11.8. The Morgan fingerprint density at radius 2 is 1.30 bits per heavy atom. The predicted octanol–water partition coefficient (Wildman–Crippen LogP) is 13.5. The van der Waals surface area contributed by atoms with E-state index in [0.717, 1.165) is 33.3 Å². The minimum Gasteiger partial charge on any atom is -0.509 e. The van der Waals surface area contributed by atoms with Crippen molar-refractivity contribution < 1.29 is 25.8 Å². The van der Waals surface area contributed by atoms with Gasteiger partial charge in [0.1, 0.15) is 5.82 Å². The summed E-state index contributed by atoms with van der Waals surface area (Å²) in [6, 6.07) is 55.3. The van der Waals surface area contributed by atoms with E-state index in [1.54, 1.807) is 0 Å². The molecule has 2 atom stereocenters. The van der Waals surface area contributed by atoms with Crippen LogP contribution in [0.2, 0.25) is 0 Å². The van der Waals surface area contributed by atoms with Gasteiger partial charge < -0.3 is 9.30 Å². The molecule has 0 radical (unpaired) electrons. The van der Waals surface area contributed by atoms with Gasteiger partial charge in [-0.15, -0.1) is 35.2 Å². The van der Waals surface area contributed by atoms with Gasteiger partial charge in [-0.05, 0) is 58.0 Å². The molecular formula is C51H45N4OPt-. The van der Waals surface area contributed by atoms with E-state index in [-0.39, 0.29) is 31.9 Å². The minimum atomic E-state index is -0.140. The Hall–Kier alpha value is -5.32. The second-order valence-corrected chi connectivity index (χ2v) is 17.4. The van der Waals surface area contributed by atoms with Crippen molar-refractivity contribution in [2.75, 3.05) is 0 Å². The van der Waals surface area contributed by atoms with Crippen LogP contribution in [0.5, 0.6) is 11.5 Å². The molecule has 0 saturated carbocycles. The van der Waals surface area contributed by atoms with Crippen LogP contribution >= 0.6 is 0 Å². The smallest absolute Gasteiger partial charge is 0.225 e. The van der Waals surface area contributed by atoms with Gasteiger partial charge >= 0.3 is 0 Å². The molecule has 1 saturated heterocycles. The molecule has 2 aliphatic heterocycles. The summed E-state index contributed by atoms with van der Waals surface area (Å²) in [5.41, 5.74) is 12.8. The first-order chi connectivity index (χ1) is 26.9. The van der Waals surface area contributed by atoms with Gasteiger partial charge in [0.2, 0.25) is 11.4 Å². The minimum absolute atomic E-state index is 0. The fourth-order valence-corrected chi connectivity index (χ4v) is 8.82. The summed E-state index contributed by atoms with van der Waals surface area (Å²) in [5, 5.41) is 2.26. The monoisotopic (exact) mass is 924 g/mol. The Kier molecular flexibility index (Phi) is 8.57. The summed E-state index contributed by atoms with van der Waals surface area (Å²) in [4.78, 5) is 4.88. The van der Waals surface area contributed by atoms with Crippen molar-refractivity contribution in [3.63, 3.8) is 0 Å². The number of aryl methyl sites for hydroxylation is 1. The number of hydrogen-bond donors (Lipinski definition) is 0. The molecule has 0 amide bonds. The van der Waals surface area contributed by atoms with E-state index in [0.29, 0.717) is 20.7 Å². The molecule has 6 heteroatoms. The first-order valence-electron chi connectivity index (χ1n) is 19.5. The number of para-hydroxylation sites is 3. The van der Waals surface area contributed by atoms with Crippen LogP contribution in [0.15, 0.2) is 140 Å². The molecule has 1 fully saturated rings. The number of nitrogens with zero attached hydrogens (tertiary/aromatic N) is 4. The van der Waals surface area contributed by atoms with E-state index in [1.165, 1.54) is 44.9 Å². The average molecular weight is 925 g/mol. The standard InChI is InChI=1S/C51H45N4O.Pt/c1-34-16-15-23-47(49(34)35-17-9-8-10-18-35)55-33-54(55,45-21-13-14-22-46(45)55)38-28-37(51(5,6)7)29-40(31-38)56-39-24-25-42-41-19-11-12-20-43(41)53(44(42)32-39)48-30-36(26-27-52-48)50(2,3)4;/h8-30,33H,1-7H3;/q-1;/t54?,55-;/m1./s1. The number of pyridine rings is 1. The first-order valence-corrected chi connectivity index (χ1v) is 19.5. The van der Waals surface area contributed by atoms with Gasteiger partial charge in [0, 0.05) is 68.0 Å². The van der Waals surface area contributed by atoms with Gasteiger partial charge in [-0.25, -0.2) is 9.58 Å². The molecule has 0 bridgehead atoms. The van der Waals surface area contributed by atoms with Crippen LogP contribution in [0.25, 0.3) is 38.8 Å². The van der Waals surface area contributed by atoms with Crippen LogP contribution in [-0.2, 0) is 31.9 Å². The summed E-state index contributed by atoms with van der Waals surface area (Å²) >= 11 is 0. The summed E-state index contributed by atoms with van der Waals surface area (Å²) in [6.07, 6.45) is 1.91. The molecule has 2 aromatic heterocycles. The molecule has 1 unspecified atom stereocenters. The number of benzene rings is 6. The van der Waals surface area contributed by atoms with Gasteiger partial charge in [0.05, 0.1) is 5.69 Å². The Labute approximate surface area is 350 Å². The van der Waals surface area contributed by atoms with E-state index in [4.69, 9.17) is 9.72 Å². The average Bonchev–Trinajstić information content (AvgIpc) is 3.67. The second kappa shape index (κ2) is 13.1. The van der Waals surface area contributed by atoms with Crippen molar-refractivity contribution in [3.8, 4) is 28.4 Å². The summed E-state index contributed by atoms with van der Waals surface area (Å²) in [5.74, 6) is 2.16. The number of ether oxygens (including phenoxy) is 1. The number of quaternary nitrogens is 2. The molecule has 5 nitrogen and oxygen atoms in total. The molecule has 10 rings (SSSR count). The summed E-state index contributed by atoms with van der Waals surface area (Å²) in [7, 11) is 0. The van der Waals surface area contributed by atoms with Crippen molar-refractivity contribution in [1.82, 2.24) is 18.7 Å². The Balaban J connectivity index is 0.00000422. The van der Waals surface area contributed by atoms with E-state index < -0.39 is 0 Å². The van der Waals surface area contributed by atoms with Gasteiger partial charge in [0.15, 0.2) is 12.4 Å². The third-order valence-electron chi connectivity index (χ3n) is 11.8. The van der Waals surface area contributed by atoms with Crippen molar-refractivity contribution in [2.45, 2.75) is 59.3 Å². The molecule has 0 aliphatic carbocycles. The number of fused-ring (bicyclic) bond motifs is 7. The molecular weight excluding hydrogens is 880 g/mol. The number of aromatic nitrogens is 2. The van der Waals surface area contributed by atoms with Gasteiger partial charge in [-0.2, -0.15) is 10.7 Å². The van der Waals surface area contributed by atoms with Crippen molar-refractivity contribution in [3.05, 3.63) is 175 Å². The second-order valence-electron chi connectivity index (χ2n) is 17.4. The summed E-state index contributed by atoms with van der Waals surface area (Å²) < 4.78 is 10.2. The molecule has 57 heavy (non-hydrogen) atoms. The zero-order chi connectivity index (χ0) is 38.6. The topological polar surface area (TPSA) is 27.1 Å². The predicted molar refractivity (Wildman–Crippen MR) is 230 cm³/mol. The summed E-state index contributed by atoms with van der Waals surface area (Å²) in [6.45, 7) is 18.1. The van der Waals surface area contributed by atoms with Crippen LogP contribution in [0.4, 0.5) is 22.7 Å². The third kappa shape index (κ3) is 5.58. The van der Waals surface area contributed by atoms with Crippen LogP contribution < -0.4 is 13.9 Å². The Bertz CT molecular complexity index is 2870. The SMILES string of the molecule is Cc1cccc([N@+]23[CH-][N+]2(c2[c-]c(Oc4[c-]c5c(cc4)c4ccccc4n5-c4cc(C(C)(C)C)ccn4)cc(C(C)(C)C)c2)c2ccccc23)c1-c1ccccc1.[Pt]. The molecule has 4 heterocycles. The van der Waals surface area contributed by atoms with E-state index >= 15 is 0 Å². The van der Waals surface area contributed by atoms with Crippen LogP contribution in [-0.4, -0.2) is 9.55 Å². The maximum atomic E-state index is 6.87. The van der Waals surface area contributed by atoms with Crippen LogP contribution in [0.3, 0.4) is 0 Å². The Morgan fingerprint density at radius 1 is 0.614 bits per heavy atom. The number of hydrogen-bond acceptors (Lipinski definition) is 2. The molecule has 0 spiro atoms. The van der Waals surface area contributed by atoms with Crippen molar-refractivity contribution >= 4 is 44.6 Å². The maximum Gasteiger partial charge on any atom is 0.225 e. The van der Waals surface area contributed by atoms with Gasteiger partial charge in [-0.1, -0.05) is 126 Å². The largest absolute Gasteiger partial charge is 0.509 e. The zero-order valence-corrected chi connectivity index (χ0v) is 35.6. The maximum absolute atomic E-state index is 6.87. The molecule has 0 N–H and O–H groups in total. The molecule has 8 aromatic rings. The first kappa shape index (κ1) is 37.3. The van der Waals surface area contributed by atoms with E-state index in [1.807, 2.05) is 12.3 Å². The fourth-order valence-electron chi connectivity index (χ4n) is 8.82. The zero-order valence-electron chi connectivity index (χ0n) is 33.4. The Morgan fingerprint density at radius 3 is 2.05 bits per heavy atom. The van der Waals surface area contributed by atoms with Crippen molar-refractivity contribution in [1.29, 1.82) is 0 Å². The number of rotatable bonds is 6. The molecule has 6 aromatic carbocycles. The van der Waals surface area contributed by atoms with E-state index in [9.17, 15) is 0 Å². The van der Waals surface area contributed by atoms with Crippen molar-refractivity contribution in [2.24, 2.45) is 0 Å². The quantitative estimate of drug-likeness (QED) is 0.0944. The molecule has 2 aliphatic rings. The van der Waals surface area contributed by atoms with Gasteiger partial charge in [-0.3, -0.25) is 0 Å². The van der Waals surface area contributed by atoms with E-state index in [2.05, 4.69) is 199 Å². The van der Waals surface area contributed by atoms with Crippen LogP contribution in [0, 0.1) is 25.7 Å². The normalized spacial score (nSPS) is 18.4. The molecule has 286 valence electrons. The van der Waals surface area contributed by atoms with Gasteiger partial charge in [0.25, 0.3) is 0 Å². The van der Waals surface area contributed by atoms with Crippen LogP contribution in [0.1, 0.15) is 58.2 Å².